The Kier molecular flexibility index (Phi) is 5.92. The van der Waals surface area contributed by atoms with Crippen molar-refractivity contribution in [2.24, 2.45) is 0 Å². The van der Waals surface area contributed by atoms with E-state index in [1.807, 2.05) is 37.3 Å². The van der Waals surface area contributed by atoms with E-state index in [9.17, 15) is 9.59 Å². The molecular formula is C22H25N7O2. The molecule has 1 saturated heterocycles. The van der Waals surface area contributed by atoms with Crippen LogP contribution in [0.4, 0.5) is 5.82 Å². The van der Waals surface area contributed by atoms with Crippen LogP contribution >= 0.6 is 0 Å². The minimum Gasteiger partial charge on any atom is -0.382 e. The maximum atomic E-state index is 13.0. The third-order valence-corrected chi connectivity index (χ3v) is 5.37. The molecule has 3 heterocycles. The first-order valence-corrected chi connectivity index (χ1v) is 10.4. The summed E-state index contributed by atoms with van der Waals surface area (Å²) in [6.45, 7) is 3.44. The lowest BCUT2D eigenvalue weighted by molar-refractivity contribution is 0.0700. The van der Waals surface area contributed by atoms with E-state index in [0.717, 1.165) is 18.5 Å². The molecule has 1 atom stereocenters. The first-order valence-electron chi connectivity index (χ1n) is 10.4. The highest BCUT2D eigenvalue weighted by Gasteiger charge is 2.31. The van der Waals surface area contributed by atoms with Crippen LogP contribution in [0, 0.1) is 0 Å². The van der Waals surface area contributed by atoms with Gasteiger partial charge in [-0.1, -0.05) is 18.2 Å². The van der Waals surface area contributed by atoms with Crippen molar-refractivity contribution >= 4 is 17.6 Å². The number of hydrogen-bond acceptors (Lipinski definition) is 6. The summed E-state index contributed by atoms with van der Waals surface area (Å²) < 4.78 is 1.72. The molecule has 1 aromatic carbocycles. The lowest BCUT2D eigenvalue weighted by Gasteiger charge is -2.32. The first kappa shape index (κ1) is 20.5. The van der Waals surface area contributed by atoms with Crippen LogP contribution in [-0.2, 0) is 0 Å². The van der Waals surface area contributed by atoms with E-state index in [-0.39, 0.29) is 29.2 Å². The van der Waals surface area contributed by atoms with E-state index in [2.05, 4.69) is 15.3 Å². The van der Waals surface area contributed by atoms with Crippen LogP contribution < -0.4 is 11.1 Å². The fraction of sp³-hybridized carbons (Fsp3) is 0.318. The number of nitrogens with one attached hydrogen (secondary N) is 1. The molecule has 0 radical (unpaired) electrons. The van der Waals surface area contributed by atoms with Crippen molar-refractivity contribution in [2.75, 3.05) is 25.4 Å². The average Bonchev–Trinajstić information content (AvgIpc) is 3.26. The van der Waals surface area contributed by atoms with Crippen molar-refractivity contribution in [3.05, 3.63) is 65.9 Å². The standard InChI is InChI=1S/C22H25N7O2/c1-2-24-21(30)17-14-29(16-8-4-3-5-9-16)27-18(17)15-7-6-12-28(13-15)22(31)19-20(23)26-11-10-25-19/h3-5,8-11,14-15H,2,6-7,12-13H2,1H3,(H2,23,26)(H,24,30). The van der Waals surface area contributed by atoms with Crippen molar-refractivity contribution < 1.29 is 9.59 Å². The quantitative estimate of drug-likeness (QED) is 0.653. The summed E-state index contributed by atoms with van der Waals surface area (Å²) in [7, 11) is 0. The molecule has 0 spiro atoms. The van der Waals surface area contributed by atoms with Crippen LogP contribution in [0.5, 0.6) is 0 Å². The lowest BCUT2D eigenvalue weighted by atomic mass is 9.92. The average molecular weight is 419 g/mol. The number of likely N-dealkylation sites (tertiary alicyclic amines) is 1. The summed E-state index contributed by atoms with van der Waals surface area (Å²) in [6, 6.07) is 9.66. The van der Waals surface area contributed by atoms with Gasteiger partial charge in [0.2, 0.25) is 0 Å². The van der Waals surface area contributed by atoms with Crippen molar-refractivity contribution in [3.63, 3.8) is 0 Å². The van der Waals surface area contributed by atoms with Crippen LogP contribution in [0.15, 0.2) is 48.9 Å². The van der Waals surface area contributed by atoms with Crippen molar-refractivity contribution in [1.82, 2.24) is 30.0 Å². The highest BCUT2D eigenvalue weighted by atomic mass is 16.2. The third kappa shape index (κ3) is 4.25. The fourth-order valence-electron chi connectivity index (χ4n) is 3.88. The molecule has 3 aromatic rings. The topological polar surface area (TPSA) is 119 Å². The summed E-state index contributed by atoms with van der Waals surface area (Å²) in [5, 5.41) is 7.62. The number of anilines is 1. The molecule has 1 unspecified atom stereocenters. The highest BCUT2D eigenvalue weighted by Crippen LogP contribution is 2.30. The molecule has 0 bridgehead atoms. The number of aromatic nitrogens is 4. The predicted molar refractivity (Wildman–Crippen MR) is 116 cm³/mol. The van der Waals surface area contributed by atoms with Gasteiger partial charge in [0, 0.05) is 44.1 Å². The third-order valence-electron chi connectivity index (χ3n) is 5.37. The Labute approximate surface area is 180 Å². The van der Waals surface area contributed by atoms with Crippen molar-refractivity contribution in [3.8, 4) is 5.69 Å². The fourth-order valence-corrected chi connectivity index (χ4v) is 3.88. The molecule has 9 heteroatoms. The monoisotopic (exact) mass is 419 g/mol. The van der Waals surface area contributed by atoms with Gasteiger partial charge in [0.15, 0.2) is 11.5 Å². The van der Waals surface area contributed by atoms with E-state index >= 15 is 0 Å². The van der Waals surface area contributed by atoms with Gasteiger partial charge in [-0.25, -0.2) is 14.6 Å². The predicted octanol–water partition coefficient (Wildman–Crippen LogP) is 2.01. The number of para-hydroxylation sites is 1. The molecule has 160 valence electrons. The molecule has 2 aromatic heterocycles. The SMILES string of the molecule is CCNC(=O)c1cn(-c2ccccc2)nc1C1CCCN(C(=O)c2nccnc2N)C1. The van der Waals surface area contributed by atoms with E-state index in [1.165, 1.54) is 12.4 Å². The van der Waals surface area contributed by atoms with E-state index < -0.39 is 0 Å². The number of nitrogen functional groups attached to an aromatic ring is 1. The Morgan fingerprint density at radius 1 is 1.19 bits per heavy atom. The lowest BCUT2D eigenvalue weighted by Crippen LogP contribution is -2.40. The van der Waals surface area contributed by atoms with Gasteiger partial charge >= 0.3 is 0 Å². The maximum absolute atomic E-state index is 13.0. The molecule has 2 amide bonds. The molecule has 31 heavy (non-hydrogen) atoms. The Morgan fingerprint density at radius 2 is 1.97 bits per heavy atom. The molecule has 0 saturated carbocycles. The Balaban J connectivity index is 1.64. The van der Waals surface area contributed by atoms with Gasteiger partial charge in [0.25, 0.3) is 11.8 Å². The van der Waals surface area contributed by atoms with Crippen LogP contribution in [-0.4, -0.2) is 56.1 Å². The number of nitrogens with zero attached hydrogens (tertiary/aromatic N) is 5. The molecule has 1 aliphatic rings. The smallest absolute Gasteiger partial charge is 0.276 e. The number of nitrogens with two attached hydrogens (primary N) is 1. The second-order valence-electron chi connectivity index (χ2n) is 7.45. The van der Waals surface area contributed by atoms with E-state index in [1.54, 1.807) is 15.8 Å². The molecule has 1 aliphatic heterocycles. The normalized spacial score (nSPS) is 16.2. The zero-order valence-corrected chi connectivity index (χ0v) is 17.4. The van der Waals surface area contributed by atoms with Gasteiger partial charge in [-0.3, -0.25) is 9.59 Å². The van der Waals surface area contributed by atoms with Crippen LogP contribution in [0.25, 0.3) is 5.69 Å². The number of carbonyl (C=O) groups excluding carboxylic acids is 2. The van der Waals surface area contributed by atoms with E-state index in [0.29, 0.717) is 30.9 Å². The van der Waals surface area contributed by atoms with Crippen LogP contribution in [0.2, 0.25) is 0 Å². The number of piperidine rings is 1. The number of hydrogen-bond donors (Lipinski definition) is 2. The molecular weight excluding hydrogens is 394 g/mol. The molecule has 1 fully saturated rings. The number of benzene rings is 1. The maximum Gasteiger partial charge on any atom is 0.276 e. The molecule has 3 N–H and O–H groups in total. The number of carbonyl (C=O) groups is 2. The second kappa shape index (κ2) is 8.95. The minimum absolute atomic E-state index is 0.0711. The zero-order valence-electron chi connectivity index (χ0n) is 17.4. The summed E-state index contributed by atoms with van der Waals surface area (Å²) in [4.78, 5) is 35.5. The van der Waals surface area contributed by atoms with Gasteiger partial charge in [-0.15, -0.1) is 0 Å². The van der Waals surface area contributed by atoms with Gasteiger partial charge < -0.3 is 16.0 Å². The molecule has 4 rings (SSSR count). The molecule has 0 aliphatic carbocycles. The summed E-state index contributed by atoms with van der Waals surface area (Å²) in [5.41, 5.74) is 8.10. The van der Waals surface area contributed by atoms with Crippen molar-refractivity contribution in [1.29, 1.82) is 0 Å². The van der Waals surface area contributed by atoms with E-state index in [4.69, 9.17) is 10.8 Å². The number of amides is 2. The summed E-state index contributed by atoms with van der Waals surface area (Å²) >= 11 is 0. The summed E-state index contributed by atoms with van der Waals surface area (Å²) in [5.74, 6) is -0.372. The van der Waals surface area contributed by atoms with Crippen LogP contribution in [0.1, 0.15) is 52.2 Å². The van der Waals surface area contributed by atoms with Crippen LogP contribution in [0.3, 0.4) is 0 Å². The zero-order chi connectivity index (χ0) is 21.8. The summed E-state index contributed by atoms with van der Waals surface area (Å²) in [6.07, 6.45) is 6.30. The Morgan fingerprint density at radius 3 is 2.71 bits per heavy atom. The Bertz CT molecular complexity index is 1080. The van der Waals surface area contributed by atoms with Gasteiger partial charge in [-0.05, 0) is 31.9 Å². The van der Waals surface area contributed by atoms with Crippen molar-refractivity contribution in [2.45, 2.75) is 25.7 Å². The van der Waals surface area contributed by atoms with Gasteiger partial charge in [0.05, 0.1) is 16.9 Å². The first-order chi connectivity index (χ1) is 15.1. The second-order valence-corrected chi connectivity index (χ2v) is 7.45. The Hall–Kier alpha value is -3.75. The largest absolute Gasteiger partial charge is 0.382 e. The van der Waals surface area contributed by atoms with Gasteiger partial charge in [-0.2, -0.15) is 5.10 Å². The molecule has 9 nitrogen and oxygen atoms in total. The minimum atomic E-state index is -0.252. The highest BCUT2D eigenvalue weighted by molar-refractivity contribution is 5.97. The number of rotatable bonds is 5. The van der Waals surface area contributed by atoms with Gasteiger partial charge in [0.1, 0.15) is 0 Å².